The number of rotatable bonds is 4. The maximum absolute atomic E-state index is 5.56. The van der Waals surface area contributed by atoms with Crippen molar-refractivity contribution in [2.75, 3.05) is 25.1 Å². The fraction of sp³-hybridized carbons (Fsp3) is 0.348. The number of fused-ring (bicyclic) bond motifs is 1. The number of piperidine rings is 1. The van der Waals surface area contributed by atoms with Gasteiger partial charge in [-0.1, -0.05) is 42.5 Å². The maximum atomic E-state index is 5.56. The van der Waals surface area contributed by atoms with E-state index >= 15 is 0 Å². The summed E-state index contributed by atoms with van der Waals surface area (Å²) < 4.78 is 5.56. The van der Waals surface area contributed by atoms with E-state index in [1.807, 2.05) is 6.07 Å². The molecule has 1 fully saturated rings. The van der Waals surface area contributed by atoms with Crippen LogP contribution in [0.1, 0.15) is 24.0 Å². The van der Waals surface area contributed by atoms with Crippen LogP contribution >= 0.6 is 0 Å². The van der Waals surface area contributed by atoms with Gasteiger partial charge in [-0.2, -0.15) is 0 Å². The largest absolute Gasteiger partial charge is 0.492 e. The predicted octanol–water partition coefficient (Wildman–Crippen LogP) is 4.43. The number of aromatic nitrogens is 1. The number of H-pyrrole nitrogens is 1. The van der Waals surface area contributed by atoms with Crippen LogP contribution in [0.3, 0.4) is 0 Å². The zero-order chi connectivity index (χ0) is 17.9. The van der Waals surface area contributed by atoms with E-state index in [4.69, 9.17) is 4.74 Å². The molecule has 3 nitrogen and oxygen atoms in total. The summed E-state index contributed by atoms with van der Waals surface area (Å²) in [5.41, 5.74) is 3.85. The minimum atomic E-state index is 0.782. The number of aromatic amines is 1. The van der Waals surface area contributed by atoms with Crippen LogP contribution in [0.15, 0.2) is 54.6 Å². The van der Waals surface area contributed by atoms with Crippen molar-refractivity contribution in [1.82, 2.24) is 0 Å². The van der Waals surface area contributed by atoms with Gasteiger partial charge in [0.2, 0.25) is 0 Å². The van der Waals surface area contributed by atoms with E-state index < -0.39 is 0 Å². The number of pyridine rings is 1. The van der Waals surface area contributed by atoms with E-state index in [0.29, 0.717) is 0 Å². The van der Waals surface area contributed by atoms with E-state index in [1.165, 1.54) is 41.6 Å². The molecule has 0 atom stereocenters. The topological polar surface area (TPSA) is 26.6 Å². The Morgan fingerprint density at radius 1 is 1.04 bits per heavy atom. The minimum absolute atomic E-state index is 0.782. The standard InChI is InChI=1S/C23H26N2O/c1-17-15-22(24-23-20(17)9-6-10-21(23)26-2)25-13-11-19(12-14-25)16-18-7-4-3-5-8-18/h3-10,15,19H,11-14,16H2,1-2H3/p+1. The number of nitrogens with one attached hydrogen (secondary N) is 1. The molecule has 3 heteroatoms. The Morgan fingerprint density at radius 3 is 2.54 bits per heavy atom. The third kappa shape index (κ3) is 3.39. The van der Waals surface area contributed by atoms with Crippen molar-refractivity contribution in [3.05, 3.63) is 65.7 Å². The molecule has 0 unspecified atom stereocenters. The van der Waals surface area contributed by atoms with Gasteiger partial charge in [-0.25, -0.2) is 4.98 Å². The third-order valence-corrected chi connectivity index (χ3v) is 5.60. The van der Waals surface area contributed by atoms with Crippen LogP contribution in [0, 0.1) is 12.8 Å². The first-order chi connectivity index (χ1) is 12.7. The second kappa shape index (κ2) is 7.36. The van der Waals surface area contributed by atoms with Crippen molar-refractivity contribution >= 4 is 16.7 Å². The van der Waals surface area contributed by atoms with E-state index in [9.17, 15) is 0 Å². The van der Waals surface area contributed by atoms with Gasteiger partial charge in [-0.3, -0.25) is 4.90 Å². The maximum Gasteiger partial charge on any atom is 0.275 e. The predicted molar refractivity (Wildman–Crippen MR) is 107 cm³/mol. The van der Waals surface area contributed by atoms with E-state index in [2.05, 4.69) is 65.3 Å². The zero-order valence-corrected chi connectivity index (χ0v) is 15.7. The van der Waals surface area contributed by atoms with Crippen LogP contribution in [0.4, 0.5) is 5.82 Å². The Balaban J connectivity index is 1.51. The summed E-state index contributed by atoms with van der Waals surface area (Å²) in [6, 6.07) is 19.4. The fourth-order valence-electron chi connectivity index (χ4n) is 4.10. The molecule has 26 heavy (non-hydrogen) atoms. The van der Waals surface area contributed by atoms with Crippen LogP contribution in [0.25, 0.3) is 10.9 Å². The molecule has 0 amide bonds. The molecule has 0 spiro atoms. The molecule has 134 valence electrons. The number of aryl methyl sites for hydroxylation is 1. The number of nitrogens with zero attached hydrogens (tertiary/aromatic N) is 1. The molecule has 0 bridgehead atoms. The number of hydrogen-bond donors (Lipinski definition) is 0. The smallest absolute Gasteiger partial charge is 0.275 e. The third-order valence-electron chi connectivity index (χ3n) is 5.60. The first kappa shape index (κ1) is 16.9. The lowest BCUT2D eigenvalue weighted by molar-refractivity contribution is -0.331. The van der Waals surface area contributed by atoms with Crippen molar-refractivity contribution in [2.45, 2.75) is 26.2 Å². The molecule has 1 aliphatic rings. The van der Waals surface area contributed by atoms with E-state index in [1.54, 1.807) is 7.11 Å². The van der Waals surface area contributed by atoms with Crippen molar-refractivity contribution in [2.24, 2.45) is 5.92 Å². The number of ether oxygens (including phenoxy) is 1. The zero-order valence-electron chi connectivity index (χ0n) is 15.7. The summed E-state index contributed by atoms with van der Waals surface area (Å²) in [5.74, 6) is 2.90. The van der Waals surface area contributed by atoms with Gasteiger partial charge in [0.15, 0.2) is 11.3 Å². The van der Waals surface area contributed by atoms with Crippen LogP contribution in [-0.2, 0) is 6.42 Å². The van der Waals surface area contributed by atoms with Gasteiger partial charge in [0.25, 0.3) is 5.82 Å². The number of hydrogen-bond acceptors (Lipinski definition) is 2. The highest BCUT2D eigenvalue weighted by atomic mass is 16.5. The second-order valence-corrected chi connectivity index (χ2v) is 7.34. The van der Waals surface area contributed by atoms with Crippen molar-refractivity contribution in [3.8, 4) is 5.75 Å². The molecule has 4 rings (SSSR count). The van der Waals surface area contributed by atoms with E-state index in [0.717, 1.165) is 30.3 Å². The van der Waals surface area contributed by atoms with Gasteiger partial charge in [-0.15, -0.1) is 0 Å². The van der Waals surface area contributed by atoms with Crippen molar-refractivity contribution in [3.63, 3.8) is 0 Å². The lowest BCUT2D eigenvalue weighted by atomic mass is 9.90. The Hall–Kier alpha value is -2.55. The molecule has 1 aromatic heterocycles. The quantitative estimate of drug-likeness (QED) is 0.698. The van der Waals surface area contributed by atoms with Crippen LogP contribution in [0.5, 0.6) is 5.75 Å². The molecular weight excluding hydrogens is 320 g/mol. The lowest BCUT2D eigenvalue weighted by Gasteiger charge is -2.28. The van der Waals surface area contributed by atoms with Gasteiger partial charge in [0, 0.05) is 11.5 Å². The number of para-hydroxylation sites is 1. The van der Waals surface area contributed by atoms with Gasteiger partial charge in [0.05, 0.1) is 20.2 Å². The van der Waals surface area contributed by atoms with Gasteiger partial charge in [0.1, 0.15) is 0 Å². The van der Waals surface area contributed by atoms with Gasteiger partial charge >= 0.3 is 0 Å². The van der Waals surface area contributed by atoms with Crippen LogP contribution in [0.2, 0.25) is 0 Å². The fourth-order valence-corrected chi connectivity index (χ4v) is 4.10. The molecule has 0 radical (unpaired) electrons. The van der Waals surface area contributed by atoms with Gasteiger partial charge in [-0.05, 0) is 49.3 Å². The first-order valence-corrected chi connectivity index (χ1v) is 9.53. The van der Waals surface area contributed by atoms with Crippen molar-refractivity contribution in [1.29, 1.82) is 0 Å². The molecule has 0 saturated carbocycles. The summed E-state index contributed by atoms with van der Waals surface area (Å²) in [6.45, 7) is 4.39. The van der Waals surface area contributed by atoms with Crippen LogP contribution < -0.4 is 14.6 Å². The highest BCUT2D eigenvalue weighted by Gasteiger charge is 2.26. The van der Waals surface area contributed by atoms with E-state index in [-0.39, 0.29) is 0 Å². The summed E-state index contributed by atoms with van der Waals surface area (Å²) in [4.78, 5) is 6.11. The molecule has 2 aromatic carbocycles. The number of methoxy groups -OCH3 is 1. The summed E-state index contributed by atoms with van der Waals surface area (Å²) in [5, 5.41) is 1.23. The minimum Gasteiger partial charge on any atom is -0.492 e. The summed E-state index contributed by atoms with van der Waals surface area (Å²) in [6.07, 6.45) is 3.68. The highest BCUT2D eigenvalue weighted by Crippen LogP contribution is 2.28. The Kier molecular flexibility index (Phi) is 4.79. The number of benzene rings is 2. The normalized spacial score (nSPS) is 15.4. The first-order valence-electron chi connectivity index (χ1n) is 9.53. The average Bonchev–Trinajstić information content (AvgIpc) is 2.69. The second-order valence-electron chi connectivity index (χ2n) is 7.34. The van der Waals surface area contributed by atoms with Crippen molar-refractivity contribution < 1.29 is 9.72 Å². The Labute approximate surface area is 155 Å². The highest BCUT2D eigenvalue weighted by molar-refractivity contribution is 5.85. The molecule has 0 aliphatic carbocycles. The Morgan fingerprint density at radius 2 is 1.81 bits per heavy atom. The molecule has 1 saturated heterocycles. The molecule has 3 aromatic rings. The number of anilines is 1. The van der Waals surface area contributed by atoms with Gasteiger partial charge < -0.3 is 4.74 Å². The van der Waals surface area contributed by atoms with Crippen LogP contribution in [-0.4, -0.2) is 20.2 Å². The molecule has 2 heterocycles. The summed E-state index contributed by atoms with van der Waals surface area (Å²) in [7, 11) is 1.74. The molecule has 1 aliphatic heterocycles. The molecular formula is C23H27N2O+. The monoisotopic (exact) mass is 347 g/mol. The summed E-state index contributed by atoms with van der Waals surface area (Å²) >= 11 is 0. The molecule has 1 N–H and O–H groups in total. The Bertz CT molecular complexity index is 883. The average molecular weight is 347 g/mol. The SMILES string of the molecule is COc1cccc2c(C)cc(N3CCC(Cc4ccccc4)CC3)[nH+]c12. The lowest BCUT2D eigenvalue weighted by Crippen LogP contribution is -2.37.